The maximum absolute atomic E-state index is 13.5. The largest absolute Gasteiger partial charge is 0.336 e. The highest BCUT2D eigenvalue weighted by atomic mass is 32.2. The highest BCUT2D eigenvalue weighted by Crippen LogP contribution is 2.19. The molecule has 0 aliphatic heterocycles. The first-order valence-electron chi connectivity index (χ1n) is 6.46. The molecule has 0 aliphatic carbocycles. The van der Waals surface area contributed by atoms with Gasteiger partial charge in [-0.15, -0.1) is 10.2 Å². The predicted molar refractivity (Wildman–Crippen MR) is 79.4 cm³/mol. The van der Waals surface area contributed by atoms with Crippen LogP contribution in [0.4, 0.5) is 26.1 Å². The lowest BCUT2D eigenvalue weighted by atomic mass is 10.3. The fourth-order valence-electron chi connectivity index (χ4n) is 1.66. The zero-order valence-corrected chi connectivity index (χ0v) is 12.5. The van der Waals surface area contributed by atoms with Crippen molar-refractivity contribution in [1.82, 2.24) is 10.2 Å². The van der Waals surface area contributed by atoms with Crippen molar-refractivity contribution in [1.29, 1.82) is 0 Å². The van der Waals surface area contributed by atoms with Crippen LogP contribution in [0.1, 0.15) is 13.3 Å². The van der Waals surface area contributed by atoms with E-state index in [9.17, 15) is 17.2 Å². The van der Waals surface area contributed by atoms with Gasteiger partial charge < -0.3 is 5.32 Å². The van der Waals surface area contributed by atoms with Gasteiger partial charge in [0.1, 0.15) is 11.6 Å². The zero-order valence-electron chi connectivity index (χ0n) is 11.7. The van der Waals surface area contributed by atoms with E-state index in [2.05, 4.69) is 20.2 Å². The Morgan fingerprint density at radius 3 is 2.36 bits per heavy atom. The van der Waals surface area contributed by atoms with Crippen LogP contribution in [-0.4, -0.2) is 24.4 Å². The van der Waals surface area contributed by atoms with E-state index in [1.54, 1.807) is 6.92 Å². The number of benzene rings is 1. The summed E-state index contributed by atoms with van der Waals surface area (Å²) in [6, 6.07) is 5.89. The molecule has 2 rings (SSSR count). The Hall–Kier alpha value is -2.29. The minimum absolute atomic E-state index is 0.0184. The summed E-state index contributed by atoms with van der Waals surface area (Å²) in [5, 5.41) is 10.0. The first-order valence-corrected chi connectivity index (χ1v) is 8.11. The third-order valence-corrected chi connectivity index (χ3v) is 4.06. The van der Waals surface area contributed by atoms with Gasteiger partial charge in [0.05, 0.1) is 11.4 Å². The fraction of sp³-hybridized carbons (Fsp3) is 0.231. The Labute approximate surface area is 126 Å². The van der Waals surface area contributed by atoms with E-state index < -0.39 is 21.7 Å². The van der Waals surface area contributed by atoms with E-state index in [0.717, 1.165) is 12.1 Å². The predicted octanol–water partition coefficient (Wildman–Crippen LogP) is 2.65. The number of halogens is 2. The lowest BCUT2D eigenvalue weighted by molar-refractivity contribution is 0.586. The van der Waals surface area contributed by atoms with Gasteiger partial charge in [0, 0.05) is 6.07 Å². The van der Waals surface area contributed by atoms with Gasteiger partial charge in [0.25, 0.3) is 0 Å². The second-order valence-corrected chi connectivity index (χ2v) is 6.32. The molecular weight excluding hydrogens is 314 g/mol. The molecule has 1 aromatic heterocycles. The van der Waals surface area contributed by atoms with Crippen molar-refractivity contribution < 1.29 is 17.2 Å². The topological polar surface area (TPSA) is 84.0 Å². The Morgan fingerprint density at radius 1 is 1.09 bits per heavy atom. The maximum atomic E-state index is 13.5. The molecule has 0 saturated heterocycles. The molecule has 2 N–H and O–H groups in total. The molecule has 1 aromatic carbocycles. The maximum Gasteiger partial charge on any atom is 0.233 e. The molecular formula is C13H14F2N4O2S. The fourth-order valence-corrected chi connectivity index (χ4v) is 2.73. The van der Waals surface area contributed by atoms with E-state index in [1.165, 1.54) is 18.2 Å². The van der Waals surface area contributed by atoms with Crippen molar-refractivity contribution in [2.45, 2.75) is 13.3 Å². The minimum Gasteiger partial charge on any atom is -0.336 e. The van der Waals surface area contributed by atoms with Gasteiger partial charge >= 0.3 is 0 Å². The number of sulfonamides is 1. The summed E-state index contributed by atoms with van der Waals surface area (Å²) in [5.41, 5.74) is 0.0370. The quantitative estimate of drug-likeness (QED) is 0.851. The Morgan fingerprint density at radius 2 is 1.77 bits per heavy atom. The standard InChI is InChI=1S/C13H14F2N4O2S/c1-2-7-22(20,21)19-13-6-5-12(17-18-13)16-11-4-3-9(14)8-10(11)15/h3-6,8H,2,7H2,1H3,(H,16,17)(H,18,19). The second-order valence-electron chi connectivity index (χ2n) is 4.47. The van der Waals surface area contributed by atoms with E-state index in [4.69, 9.17) is 0 Å². The van der Waals surface area contributed by atoms with E-state index in [1.807, 2.05) is 0 Å². The summed E-state index contributed by atoms with van der Waals surface area (Å²) in [5.74, 6) is -1.21. The number of anilines is 3. The number of hydrogen-bond acceptors (Lipinski definition) is 5. The molecule has 22 heavy (non-hydrogen) atoms. The molecule has 6 nitrogen and oxygen atoms in total. The molecule has 0 atom stereocenters. The minimum atomic E-state index is -3.44. The molecule has 2 aromatic rings. The van der Waals surface area contributed by atoms with E-state index in [0.29, 0.717) is 6.42 Å². The van der Waals surface area contributed by atoms with Crippen molar-refractivity contribution in [2.75, 3.05) is 15.8 Å². The van der Waals surface area contributed by atoms with Crippen LogP contribution in [0, 0.1) is 11.6 Å². The molecule has 0 radical (unpaired) electrons. The van der Waals surface area contributed by atoms with Crippen molar-refractivity contribution >= 4 is 27.3 Å². The summed E-state index contributed by atoms with van der Waals surface area (Å²) in [4.78, 5) is 0. The van der Waals surface area contributed by atoms with Crippen molar-refractivity contribution in [3.63, 3.8) is 0 Å². The summed E-state index contributed by atoms with van der Waals surface area (Å²) in [6.45, 7) is 1.75. The smallest absolute Gasteiger partial charge is 0.233 e. The molecule has 0 spiro atoms. The lowest BCUT2D eigenvalue weighted by Gasteiger charge is -2.08. The summed E-state index contributed by atoms with van der Waals surface area (Å²) in [6.07, 6.45) is 0.478. The Kier molecular flexibility index (Phi) is 4.86. The normalized spacial score (nSPS) is 11.2. The molecule has 0 bridgehead atoms. The summed E-state index contributed by atoms with van der Waals surface area (Å²) < 4.78 is 51.7. The molecule has 0 unspecified atom stereocenters. The molecule has 9 heteroatoms. The second kappa shape index (κ2) is 6.65. The highest BCUT2D eigenvalue weighted by Gasteiger charge is 2.10. The van der Waals surface area contributed by atoms with Crippen LogP contribution in [-0.2, 0) is 10.0 Å². The van der Waals surface area contributed by atoms with Crippen LogP contribution in [0.5, 0.6) is 0 Å². The van der Waals surface area contributed by atoms with Crippen LogP contribution in [0.2, 0.25) is 0 Å². The van der Waals surface area contributed by atoms with Gasteiger partial charge in [-0.1, -0.05) is 6.92 Å². The van der Waals surface area contributed by atoms with E-state index in [-0.39, 0.29) is 23.1 Å². The molecule has 0 aliphatic rings. The van der Waals surface area contributed by atoms with Gasteiger partial charge in [-0.2, -0.15) is 0 Å². The van der Waals surface area contributed by atoms with Crippen molar-refractivity contribution in [2.24, 2.45) is 0 Å². The number of rotatable bonds is 6. The number of hydrogen-bond donors (Lipinski definition) is 2. The molecule has 1 heterocycles. The lowest BCUT2D eigenvalue weighted by Crippen LogP contribution is -2.17. The molecule has 0 saturated carbocycles. The number of nitrogens with one attached hydrogen (secondary N) is 2. The third-order valence-electron chi connectivity index (χ3n) is 2.59. The van der Waals surface area contributed by atoms with Crippen LogP contribution < -0.4 is 10.0 Å². The monoisotopic (exact) mass is 328 g/mol. The highest BCUT2D eigenvalue weighted by molar-refractivity contribution is 7.92. The number of aromatic nitrogens is 2. The summed E-state index contributed by atoms with van der Waals surface area (Å²) in [7, 11) is -3.44. The van der Waals surface area contributed by atoms with Crippen LogP contribution in [0.25, 0.3) is 0 Å². The van der Waals surface area contributed by atoms with Gasteiger partial charge in [0.15, 0.2) is 11.6 Å². The first-order chi connectivity index (χ1) is 10.4. The van der Waals surface area contributed by atoms with Crippen LogP contribution in [0.3, 0.4) is 0 Å². The average Bonchev–Trinajstić information content (AvgIpc) is 2.43. The summed E-state index contributed by atoms with van der Waals surface area (Å²) >= 11 is 0. The van der Waals surface area contributed by atoms with Gasteiger partial charge in [-0.3, -0.25) is 4.72 Å². The first kappa shape index (κ1) is 16.1. The zero-order chi connectivity index (χ0) is 16.2. The molecule has 0 amide bonds. The van der Waals surface area contributed by atoms with E-state index >= 15 is 0 Å². The SMILES string of the molecule is CCCS(=O)(=O)Nc1ccc(Nc2ccc(F)cc2F)nn1. The molecule has 118 valence electrons. The molecule has 0 fully saturated rings. The average molecular weight is 328 g/mol. The number of nitrogens with zero attached hydrogens (tertiary/aromatic N) is 2. The van der Waals surface area contributed by atoms with Crippen LogP contribution in [0.15, 0.2) is 30.3 Å². The van der Waals surface area contributed by atoms with Gasteiger partial charge in [-0.05, 0) is 30.7 Å². The third kappa shape index (κ3) is 4.35. The van der Waals surface area contributed by atoms with Crippen LogP contribution >= 0.6 is 0 Å². The van der Waals surface area contributed by atoms with Gasteiger partial charge in [-0.25, -0.2) is 17.2 Å². The van der Waals surface area contributed by atoms with Crippen molar-refractivity contribution in [3.05, 3.63) is 42.0 Å². The Balaban J connectivity index is 2.09. The van der Waals surface area contributed by atoms with Gasteiger partial charge in [0.2, 0.25) is 10.0 Å². The Bertz CT molecular complexity index is 751. The van der Waals surface area contributed by atoms with Crippen molar-refractivity contribution in [3.8, 4) is 0 Å².